The van der Waals surface area contributed by atoms with Crippen molar-refractivity contribution in [1.29, 1.82) is 0 Å². The van der Waals surface area contributed by atoms with Crippen LogP contribution in [-0.4, -0.2) is 28.8 Å². The third kappa shape index (κ3) is 2.58. The Kier molecular flexibility index (Phi) is 3.38. The van der Waals surface area contributed by atoms with Crippen molar-refractivity contribution in [2.24, 2.45) is 13.0 Å². The summed E-state index contributed by atoms with van der Waals surface area (Å²) in [7, 11) is 2.02. The second-order valence-electron chi connectivity index (χ2n) is 4.21. The Bertz CT molecular complexity index is 311. The van der Waals surface area contributed by atoms with E-state index in [1.807, 2.05) is 24.0 Å². The minimum atomic E-state index is 0.402. The highest BCUT2D eigenvalue weighted by atomic mass is 16.5. The summed E-state index contributed by atoms with van der Waals surface area (Å²) >= 11 is 0. The lowest BCUT2D eigenvalue weighted by atomic mass is 10.0. The number of imidazole rings is 1. The fraction of sp³-hybridized carbons (Fsp3) is 0.727. The van der Waals surface area contributed by atoms with Gasteiger partial charge >= 0.3 is 0 Å². The molecule has 0 spiro atoms. The lowest BCUT2D eigenvalue weighted by Gasteiger charge is -2.14. The minimum absolute atomic E-state index is 0.402. The molecular weight excluding hydrogens is 190 g/mol. The second kappa shape index (κ2) is 4.77. The Morgan fingerprint density at radius 3 is 3.13 bits per heavy atom. The number of ether oxygens (including phenoxy) is 1. The average Bonchev–Trinajstić information content (AvgIpc) is 2.78. The standard InChI is InChI=1S/C11H19N3O/c1-9-10(3-6-15-9)7-12-8-11-13-4-5-14(11)2/h4-5,9-10,12H,3,6-8H2,1-2H3. The first kappa shape index (κ1) is 10.6. The molecular formula is C11H19N3O. The van der Waals surface area contributed by atoms with Gasteiger partial charge in [-0.3, -0.25) is 0 Å². The summed E-state index contributed by atoms with van der Waals surface area (Å²) in [5.74, 6) is 1.74. The second-order valence-corrected chi connectivity index (χ2v) is 4.21. The van der Waals surface area contributed by atoms with Crippen LogP contribution in [0.3, 0.4) is 0 Å². The zero-order valence-corrected chi connectivity index (χ0v) is 9.44. The first-order valence-electron chi connectivity index (χ1n) is 5.56. The number of rotatable bonds is 4. The average molecular weight is 209 g/mol. The maximum absolute atomic E-state index is 5.52. The number of aromatic nitrogens is 2. The third-order valence-electron chi connectivity index (χ3n) is 3.14. The molecule has 1 saturated heterocycles. The van der Waals surface area contributed by atoms with E-state index in [0.29, 0.717) is 12.0 Å². The van der Waals surface area contributed by atoms with Crippen molar-refractivity contribution in [1.82, 2.24) is 14.9 Å². The Balaban J connectivity index is 1.73. The molecule has 0 radical (unpaired) electrons. The Morgan fingerprint density at radius 2 is 2.53 bits per heavy atom. The van der Waals surface area contributed by atoms with E-state index < -0.39 is 0 Å². The monoisotopic (exact) mass is 209 g/mol. The van der Waals surface area contributed by atoms with Gasteiger partial charge in [-0.1, -0.05) is 0 Å². The van der Waals surface area contributed by atoms with Crippen LogP contribution in [0.1, 0.15) is 19.2 Å². The van der Waals surface area contributed by atoms with Crippen molar-refractivity contribution in [2.45, 2.75) is 26.0 Å². The van der Waals surface area contributed by atoms with Crippen LogP contribution in [0, 0.1) is 5.92 Å². The third-order valence-corrected chi connectivity index (χ3v) is 3.14. The van der Waals surface area contributed by atoms with E-state index in [-0.39, 0.29) is 0 Å². The van der Waals surface area contributed by atoms with E-state index >= 15 is 0 Å². The summed E-state index contributed by atoms with van der Waals surface area (Å²) in [6, 6.07) is 0. The van der Waals surface area contributed by atoms with Crippen molar-refractivity contribution < 1.29 is 4.74 Å². The zero-order valence-electron chi connectivity index (χ0n) is 9.44. The molecule has 2 atom stereocenters. The first-order valence-corrected chi connectivity index (χ1v) is 5.56. The molecule has 2 rings (SSSR count). The predicted octanol–water partition coefficient (Wildman–Crippen LogP) is 0.935. The van der Waals surface area contributed by atoms with Gasteiger partial charge in [0, 0.05) is 32.6 Å². The SMILES string of the molecule is CC1OCCC1CNCc1nccn1C. The van der Waals surface area contributed by atoms with E-state index in [9.17, 15) is 0 Å². The highest BCUT2D eigenvalue weighted by Crippen LogP contribution is 2.19. The quantitative estimate of drug-likeness (QED) is 0.802. The van der Waals surface area contributed by atoms with Gasteiger partial charge in [-0.05, 0) is 19.3 Å². The van der Waals surface area contributed by atoms with Gasteiger partial charge in [0.15, 0.2) is 0 Å². The Labute approximate surface area is 90.6 Å². The van der Waals surface area contributed by atoms with Crippen LogP contribution in [0.25, 0.3) is 0 Å². The molecule has 2 unspecified atom stereocenters. The molecule has 0 aromatic carbocycles. The van der Waals surface area contributed by atoms with Crippen LogP contribution < -0.4 is 5.32 Å². The van der Waals surface area contributed by atoms with Gasteiger partial charge in [-0.15, -0.1) is 0 Å². The number of aryl methyl sites for hydroxylation is 1. The topological polar surface area (TPSA) is 39.1 Å². The number of hydrogen-bond acceptors (Lipinski definition) is 3. The van der Waals surface area contributed by atoms with Crippen LogP contribution in [0.15, 0.2) is 12.4 Å². The summed E-state index contributed by atoms with van der Waals surface area (Å²) in [6.07, 6.45) is 5.38. The highest BCUT2D eigenvalue weighted by Gasteiger charge is 2.23. The Morgan fingerprint density at radius 1 is 1.67 bits per heavy atom. The molecule has 0 amide bonds. The van der Waals surface area contributed by atoms with Crippen molar-refractivity contribution >= 4 is 0 Å². The van der Waals surface area contributed by atoms with E-state index in [2.05, 4.69) is 17.2 Å². The minimum Gasteiger partial charge on any atom is -0.378 e. The molecule has 15 heavy (non-hydrogen) atoms. The van der Waals surface area contributed by atoms with Gasteiger partial charge in [-0.25, -0.2) is 4.98 Å². The first-order chi connectivity index (χ1) is 7.27. The number of nitrogens with one attached hydrogen (secondary N) is 1. The van der Waals surface area contributed by atoms with Crippen LogP contribution in [0.4, 0.5) is 0 Å². The largest absolute Gasteiger partial charge is 0.378 e. The highest BCUT2D eigenvalue weighted by molar-refractivity contribution is 4.90. The zero-order chi connectivity index (χ0) is 10.7. The molecule has 1 fully saturated rings. The predicted molar refractivity (Wildman–Crippen MR) is 58.4 cm³/mol. The summed E-state index contributed by atoms with van der Waals surface area (Å²) in [5, 5.41) is 3.44. The van der Waals surface area contributed by atoms with Gasteiger partial charge < -0.3 is 14.6 Å². The van der Waals surface area contributed by atoms with Crippen LogP contribution in [0.5, 0.6) is 0 Å². The lowest BCUT2D eigenvalue weighted by molar-refractivity contribution is 0.105. The van der Waals surface area contributed by atoms with Crippen molar-refractivity contribution in [3.8, 4) is 0 Å². The van der Waals surface area contributed by atoms with Crippen molar-refractivity contribution in [3.63, 3.8) is 0 Å². The van der Waals surface area contributed by atoms with Crippen molar-refractivity contribution in [2.75, 3.05) is 13.2 Å². The maximum Gasteiger partial charge on any atom is 0.122 e. The molecule has 1 aromatic heterocycles. The summed E-state index contributed by atoms with van der Waals surface area (Å²) in [4.78, 5) is 4.27. The van der Waals surface area contributed by atoms with Crippen molar-refractivity contribution in [3.05, 3.63) is 18.2 Å². The molecule has 2 heterocycles. The molecule has 1 N–H and O–H groups in total. The molecule has 84 valence electrons. The summed E-state index contributed by atoms with van der Waals surface area (Å²) < 4.78 is 7.56. The Hall–Kier alpha value is -0.870. The molecule has 4 nitrogen and oxygen atoms in total. The molecule has 1 aromatic rings. The normalized spacial score (nSPS) is 26.0. The molecule has 4 heteroatoms. The smallest absolute Gasteiger partial charge is 0.122 e. The van der Waals surface area contributed by atoms with E-state index in [1.54, 1.807) is 0 Å². The molecule has 0 bridgehead atoms. The number of nitrogens with zero attached hydrogens (tertiary/aromatic N) is 2. The van der Waals surface area contributed by atoms with Gasteiger partial charge in [0.2, 0.25) is 0 Å². The fourth-order valence-electron chi connectivity index (χ4n) is 1.98. The molecule has 0 aliphatic carbocycles. The van der Waals surface area contributed by atoms with Crippen LogP contribution in [-0.2, 0) is 18.3 Å². The number of hydrogen-bond donors (Lipinski definition) is 1. The van der Waals surface area contributed by atoms with Gasteiger partial charge in [-0.2, -0.15) is 0 Å². The molecule has 1 aliphatic rings. The van der Waals surface area contributed by atoms with E-state index in [0.717, 1.165) is 25.5 Å². The van der Waals surface area contributed by atoms with E-state index in [4.69, 9.17) is 4.74 Å². The van der Waals surface area contributed by atoms with Gasteiger partial charge in [0.25, 0.3) is 0 Å². The van der Waals surface area contributed by atoms with Gasteiger partial charge in [0.1, 0.15) is 5.82 Å². The van der Waals surface area contributed by atoms with E-state index in [1.165, 1.54) is 6.42 Å². The van der Waals surface area contributed by atoms with Crippen LogP contribution >= 0.6 is 0 Å². The molecule has 0 saturated carbocycles. The lowest BCUT2D eigenvalue weighted by Crippen LogP contribution is -2.27. The fourth-order valence-corrected chi connectivity index (χ4v) is 1.98. The maximum atomic E-state index is 5.52. The summed E-state index contributed by atoms with van der Waals surface area (Å²) in [6.45, 7) is 4.93. The van der Waals surface area contributed by atoms with Gasteiger partial charge in [0.05, 0.1) is 12.6 Å². The molecule has 1 aliphatic heterocycles. The van der Waals surface area contributed by atoms with Crippen LogP contribution in [0.2, 0.25) is 0 Å². The summed E-state index contributed by atoms with van der Waals surface area (Å²) in [5.41, 5.74) is 0.